The number of ether oxygens (including phenoxy) is 2. The average Bonchev–Trinajstić information content (AvgIpc) is 0.753. The zero-order valence-electron chi connectivity index (χ0n) is 55.7. The lowest BCUT2D eigenvalue weighted by molar-refractivity contribution is 0.359. The van der Waals surface area contributed by atoms with Crippen LogP contribution in [0.1, 0.15) is 22.6 Å². The van der Waals surface area contributed by atoms with Crippen LogP contribution in [0, 0.1) is 0 Å². The highest BCUT2D eigenvalue weighted by atomic mass is 16.6. The Kier molecular flexibility index (Phi) is 14.9. The minimum Gasteiger partial charge on any atom is -0.449 e. The summed E-state index contributed by atoms with van der Waals surface area (Å²) in [7, 11) is 0. The number of fused-ring (bicyclic) bond motifs is 10. The van der Waals surface area contributed by atoms with Crippen LogP contribution in [0.4, 0.5) is 51.2 Å². The molecule has 5 nitrogen and oxygen atoms in total. The molecule has 0 aromatic heterocycles. The molecule has 0 aliphatic carbocycles. The Bertz CT molecular complexity index is 6200. The van der Waals surface area contributed by atoms with Gasteiger partial charge in [0.05, 0.1) is 22.7 Å². The zero-order valence-corrected chi connectivity index (χ0v) is 55.7. The summed E-state index contributed by atoms with van der Waals surface area (Å²) in [5.41, 5.74) is 17.8. The Morgan fingerprint density at radius 2 is 0.578 bits per heavy atom. The van der Waals surface area contributed by atoms with Gasteiger partial charge in [0, 0.05) is 56.6 Å². The first kappa shape index (κ1) is 59.8. The molecule has 0 fully saturated rings. The van der Waals surface area contributed by atoms with Crippen LogP contribution in [-0.2, 0) is 0 Å². The van der Waals surface area contributed by atoms with Crippen LogP contribution in [0.25, 0.3) is 86.9 Å². The Hall–Kier alpha value is -13.5. The number of nitrogens with zero attached hydrogens (tertiary/aromatic N) is 3. The normalized spacial score (nSPS) is 12.0. The summed E-state index contributed by atoms with van der Waals surface area (Å²) in [6.07, 6.45) is 0. The van der Waals surface area contributed by atoms with Crippen LogP contribution in [-0.4, -0.2) is 0 Å². The maximum absolute atomic E-state index is 6.94. The van der Waals surface area contributed by atoms with E-state index in [-0.39, 0.29) is 5.92 Å². The second-order valence-corrected chi connectivity index (χ2v) is 26.3. The quantitative estimate of drug-likeness (QED) is 0.0799. The van der Waals surface area contributed by atoms with Crippen LogP contribution in [0.2, 0.25) is 0 Å². The van der Waals surface area contributed by atoms with Gasteiger partial charge in [-0.1, -0.05) is 261 Å². The zero-order chi connectivity index (χ0) is 67.5. The van der Waals surface area contributed by atoms with Crippen molar-refractivity contribution in [2.24, 2.45) is 0 Å². The molecule has 1 heterocycles. The molecule has 1 aliphatic heterocycles. The number of anilines is 9. The van der Waals surface area contributed by atoms with Crippen LogP contribution < -0.4 is 24.2 Å². The Morgan fingerprint density at radius 3 is 1.19 bits per heavy atom. The molecule has 0 spiro atoms. The SMILES string of the molecule is c1ccc(C(c2ccc3c(c2)Oc2ccc(N(c4ccccc4)c4cc5ccccc5c5ccccc45)cc2O3)c2cc3cc(-c4ccc5c(N(c6ccccc6)c6ccc(-c7ccc(N(c8ccccc8)c8cccc9ccccc89)cc7)cc6)cccc5c4)ccc3c3ccccc23)cc1. The summed E-state index contributed by atoms with van der Waals surface area (Å²) in [5.74, 6) is 2.50. The fourth-order valence-corrected chi connectivity index (χ4v) is 15.5. The fourth-order valence-electron chi connectivity index (χ4n) is 15.5. The minimum absolute atomic E-state index is 0.147. The summed E-state index contributed by atoms with van der Waals surface area (Å²) in [5, 5.41) is 14.3. The molecule has 5 heteroatoms. The van der Waals surface area contributed by atoms with Gasteiger partial charge in [-0.3, -0.25) is 0 Å². The van der Waals surface area contributed by atoms with Gasteiger partial charge in [0.15, 0.2) is 23.0 Å². The van der Waals surface area contributed by atoms with Crippen molar-refractivity contribution in [3.63, 3.8) is 0 Å². The third-order valence-corrected chi connectivity index (χ3v) is 20.3. The van der Waals surface area contributed by atoms with E-state index in [1.54, 1.807) is 0 Å². The van der Waals surface area contributed by atoms with Gasteiger partial charge < -0.3 is 24.2 Å². The Morgan fingerprint density at radius 1 is 0.186 bits per heavy atom. The van der Waals surface area contributed by atoms with E-state index in [4.69, 9.17) is 9.47 Å². The predicted molar refractivity (Wildman–Crippen MR) is 427 cm³/mol. The lowest BCUT2D eigenvalue weighted by atomic mass is 9.81. The highest BCUT2D eigenvalue weighted by Crippen LogP contribution is 2.52. The monoisotopic (exact) mass is 1300 g/mol. The molecule has 1 atom stereocenters. The van der Waals surface area contributed by atoms with Crippen molar-refractivity contribution < 1.29 is 9.47 Å². The van der Waals surface area contributed by atoms with Gasteiger partial charge in [-0.05, 0) is 209 Å². The van der Waals surface area contributed by atoms with Gasteiger partial charge in [-0.15, -0.1) is 0 Å². The van der Waals surface area contributed by atoms with Gasteiger partial charge in [-0.2, -0.15) is 0 Å². The van der Waals surface area contributed by atoms with Crippen molar-refractivity contribution in [1.29, 1.82) is 0 Å². The predicted octanol–water partition coefficient (Wildman–Crippen LogP) is 27.4. The first-order valence-corrected chi connectivity index (χ1v) is 34.9. The first-order chi connectivity index (χ1) is 50.6. The maximum Gasteiger partial charge on any atom is 0.172 e. The van der Waals surface area contributed by atoms with Crippen LogP contribution >= 0.6 is 0 Å². The maximum atomic E-state index is 6.94. The van der Waals surface area contributed by atoms with Crippen molar-refractivity contribution in [3.8, 4) is 45.3 Å². The summed E-state index contributed by atoms with van der Waals surface area (Å²) < 4.78 is 13.9. The van der Waals surface area contributed by atoms with E-state index in [1.807, 2.05) is 6.07 Å². The molecule has 1 aliphatic rings. The smallest absolute Gasteiger partial charge is 0.172 e. The molecule has 18 aromatic carbocycles. The Labute approximate surface area is 592 Å². The summed E-state index contributed by atoms with van der Waals surface area (Å²) in [6.45, 7) is 0. The van der Waals surface area contributed by atoms with Gasteiger partial charge in [0.2, 0.25) is 0 Å². The third kappa shape index (κ3) is 10.8. The largest absolute Gasteiger partial charge is 0.449 e. The lowest BCUT2D eigenvalue weighted by Crippen LogP contribution is -2.11. The van der Waals surface area contributed by atoms with E-state index >= 15 is 0 Å². The van der Waals surface area contributed by atoms with Crippen molar-refractivity contribution >= 4 is 116 Å². The topological polar surface area (TPSA) is 28.2 Å². The van der Waals surface area contributed by atoms with E-state index in [1.165, 1.54) is 59.6 Å². The van der Waals surface area contributed by atoms with E-state index < -0.39 is 0 Å². The van der Waals surface area contributed by atoms with Crippen molar-refractivity contribution in [2.75, 3.05) is 14.7 Å². The minimum atomic E-state index is -0.147. The Balaban J connectivity index is 0.639. The molecule has 0 saturated carbocycles. The number of para-hydroxylation sites is 3. The van der Waals surface area contributed by atoms with Gasteiger partial charge >= 0.3 is 0 Å². The van der Waals surface area contributed by atoms with Crippen LogP contribution in [0.15, 0.2) is 388 Å². The summed E-state index contributed by atoms with van der Waals surface area (Å²) >= 11 is 0. The number of rotatable bonds is 14. The van der Waals surface area contributed by atoms with E-state index in [0.717, 1.165) is 95.2 Å². The molecule has 102 heavy (non-hydrogen) atoms. The first-order valence-electron chi connectivity index (χ1n) is 34.9. The molecule has 0 saturated heterocycles. The molecule has 0 bridgehead atoms. The molecule has 19 rings (SSSR count). The highest BCUT2D eigenvalue weighted by Gasteiger charge is 2.28. The van der Waals surface area contributed by atoms with E-state index in [2.05, 4.69) is 397 Å². The number of hydrogen-bond acceptors (Lipinski definition) is 5. The second-order valence-electron chi connectivity index (χ2n) is 26.3. The van der Waals surface area contributed by atoms with Gasteiger partial charge in [0.1, 0.15) is 0 Å². The molecule has 0 radical (unpaired) electrons. The number of hydrogen-bond donors (Lipinski definition) is 0. The molecule has 0 amide bonds. The molecule has 0 N–H and O–H groups in total. The van der Waals surface area contributed by atoms with Crippen molar-refractivity contribution in [3.05, 3.63) is 405 Å². The standard InChI is InChI=1S/C97H65N3O2/c1-5-24-68(25-6-1)97(73-49-57-93-95(63-73)101-94-58-54-80(64-96(94)102-93)100(77-33-11-4-12-34-77)92-62-72-26-14-15-35-81(72)86-38-19-20-40-88(86)92)89-61-74-60-70(47-55-82(74)85-37-17-18-39-87(85)89)69-48-56-84-71(59-69)28-22-42-91(84)99(76-31-9-3-10-32-76)79-52-45-66(46-53-79)65-43-50-78(51-44-65)98(75-29-7-2-8-30-75)90-41-21-27-67-23-13-16-36-83(67)90/h1-64,97H. The lowest BCUT2D eigenvalue weighted by Gasteiger charge is -2.29. The van der Waals surface area contributed by atoms with E-state index in [0.29, 0.717) is 23.0 Å². The van der Waals surface area contributed by atoms with Gasteiger partial charge in [-0.25, -0.2) is 0 Å². The third-order valence-electron chi connectivity index (χ3n) is 20.3. The molecule has 480 valence electrons. The molecule has 18 aromatic rings. The summed E-state index contributed by atoms with van der Waals surface area (Å²) in [6, 6.07) is 140. The van der Waals surface area contributed by atoms with Crippen molar-refractivity contribution in [2.45, 2.75) is 5.92 Å². The highest BCUT2D eigenvalue weighted by molar-refractivity contribution is 6.15. The van der Waals surface area contributed by atoms with Gasteiger partial charge in [0.25, 0.3) is 0 Å². The fraction of sp³-hybridized carbons (Fsp3) is 0.0103. The molecular weight excluding hydrogens is 1240 g/mol. The number of benzene rings is 18. The molecule has 1 unspecified atom stereocenters. The average molecular weight is 1300 g/mol. The van der Waals surface area contributed by atoms with Crippen LogP contribution in [0.3, 0.4) is 0 Å². The van der Waals surface area contributed by atoms with Crippen LogP contribution in [0.5, 0.6) is 23.0 Å². The summed E-state index contributed by atoms with van der Waals surface area (Å²) in [4.78, 5) is 7.06. The second kappa shape index (κ2) is 25.4. The van der Waals surface area contributed by atoms with Crippen molar-refractivity contribution in [1.82, 2.24) is 0 Å². The van der Waals surface area contributed by atoms with E-state index in [9.17, 15) is 0 Å². The molecular formula is C97H65N3O2.